The quantitative estimate of drug-likeness (QED) is 0.395. The van der Waals surface area contributed by atoms with Gasteiger partial charge in [0.05, 0.1) is 17.1 Å². The average molecular weight is 278 g/mol. The van der Waals surface area contributed by atoms with Crippen molar-refractivity contribution in [2.45, 2.75) is 32.6 Å². The molecule has 0 bridgehead atoms. The third kappa shape index (κ3) is 3.07. The lowest BCUT2D eigenvalue weighted by Gasteiger charge is -2.11. The van der Waals surface area contributed by atoms with E-state index in [-0.39, 0.29) is 16.9 Å². The minimum Gasteiger partial charge on any atom is -0.462 e. The molecule has 0 radical (unpaired) electrons. The van der Waals surface area contributed by atoms with Gasteiger partial charge in [0.2, 0.25) is 0 Å². The lowest BCUT2D eigenvalue weighted by Crippen LogP contribution is -2.14. The average Bonchev–Trinajstić information content (AvgIpc) is 2.91. The fourth-order valence-corrected chi connectivity index (χ4v) is 2.55. The minimum absolute atomic E-state index is 0.0784. The molecular weight excluding hydrogens is 260 g/mol. The van der Waals surface area contributed by atoms with E-state index in [0.717, 1.165) is 12.8 Å². The second-order valence-electron chi connectivity index (χ2n) is 5.25. The summed E-state index contributed by atoms with van der Waals surface area (Å²) in [6.45, 7) is 2.04. The van der Waals surface area contributed by atoms with Gasteiger partial charge < -0.3 is 10.5 Å². The maximum atomic E-state index is 12.0. The summed E-state index contributed by atoms with van der Waals surface area (Å²) in [4.78, 5) is 22.3. The van der Waals surface area contributed by atoms with E-state index in [1.165, 1.54) is 25.0 Å². The number of rotatable bonds is 4. The Morgan fingerprint density at radius 1 is 1.45 bits per heavy atom. The molecule has 6 nitrogen and oxygen atoms in total. The maximum absolute atomic E-state index is 12.0. The molecular formula is C14H18N2O4. The van der Waals surface area contributed by atoms with Crippen molar-refractivity contribution in [3.05, 3.63) is 33.4 Å². The number of hydrogen-bond donors (Lipinski definition) is 1. The molecule has 6 heteroatoms. The predicted octanol–water partition coefficient (Wildman–Crippen LogP) is 2.83. The molecule has 0 saturated heterocycles. The SMILES string of the molecule is Cc1cc(C(=O)OCC2CCCC2)c(N)c([N+](=O)[O-])c1. The van der Waals surface area contributed by atoms with E-state index in [1.807, 2.05) is 0 Å². The van der Waals surface area contributed by atoms with Crippen LogP contribution in [0.5, 0.6) is 0 Å². The summed E-state index contributed by atoms with van der Waals surface area (Å²) in [6, 6.07) is 2.88. The first-order valence-corrected chi connectivity index (χ1v) is 6.70. The number of nitrogen functional groups attached to an aromatic ring is 1. The highest BCUT2D eigenvalue weighted by molar-refractivity contribution is 5.97. The van der Waals surface area contributed by atoms with Crippen LogP contribution in [0.4, 0.5) is 11.4 Å². The van der Waals surface area contributed by atoms with Gasteiger partial charge in [0.1, 0.15) is 5.69 Å². The van der Waals surface area contributed by atoms with E-state index < -0.39 is 10.9 Å². The topological polar surface area (TPSA) is 95.5 Å². The molecule has 20 heavy (non-hydrogen) atoms. The Morgan fingerprint density at radius 3 is 2.70 bits per heavy atom. The van der Waals surface area contributed by atoms with E-state index in [2.05, 4.69) is 0 Å². The molecule has 0 heterocycles. The van der Waals surface area contributed by atoms with Crippen molar-refractivity contribution in [1.82, 2.24) is 0 Å². The highest BCUT2D eigenvalue weighted by Gasteiger charge is 2.23. The number of carbonyl (C=O) groups excluding carboxylic acids is 1. The van der Waals surface area contributed by atoms with Crippen LogP contribution in [0.2, 0.25) is 0 Å². The lowest BCUT2D eigenvalue weighted by molar-refractivity contribution is -0.384. The van der Waals surface area contributed by atoms with E-state index in [4.69, 9.17) is 10.5 Å². The number of carbonyl (C=O) groups is 1. The molecule has 0 unspecified atom stereocenters. The van der Waals surface area contributed by atoms with E-state index in [9.17, 15) is 14.9 Å². The Morgan fingerprint density at radius 2 is 2.10 bits per heavy atom. The van der Waals surface area contributed by atoms with Crippen LogP contribution in [0, 0.1) is 23.0 Å². The van der Waals surface area contributed by atoms with Gasteiger partial charge in [-0.25, -0.2) is 4.79 Å². The first-order valence-electron chi connectivity index (χ1n) is 6.70. The van der Waals surface area contributed by atoms with E-state index >= 15 is 0 Å². The van der Waals surface area contributed by atoms with Gasteiger partial charge >= 0.3 is 5.97 Å². The second-order valence-corrected chi connectivity index (χ2v) is 5.25. The van der Waals surface area contributed by atoms with Crippen molar-refractivity contribution in [2.24, 2.45) is 5.92 Å². The van der Waals surface area contributed by atoms with Crippen LogP contribution in [0.1, 0.15) is 41.6 Å². The molecule has 0 amide bonds. The molecule has 2 N–H and O–H groups in total. The van der Waals surface area contributed by atoms with Gasteiger partial charge in [0.25, 0.3) is 5.69 Å². The van der Waals surface area contributed by atoms with E-state index in [0.29, 0.717) is 18.1 Å². The molecule has 1 fully saturated rings. The number of nitrogens with two attached hydrogens (primary N) is 1. The molecule has 0 atom stereocenters. The summed E-state index contributed by atoms with van der Waals surface area (Å²) in [6.07, 6.45) is 4.47. The molecule has 1 aliphatic carbocycles. The zero-order valence-corrected chi connectivity index (χ0v) is 11.4. The van der Waals surface area contributed by atoms with Crippen molar-refractivity contribution in [2.75, 3.05) is 12.3 Å². The normalized spacial score (nSPS) is 15.2. The smallest absolute Gasteiger partial charge is 0.340 e. The Labute approximate surface area is 117 Å². The van der Waals surface area contributed by atoms with Gasteiger partial charge in [-0.3, -0.25) is 10.1 Å². The Balaban J connectivity index is 2.14. The summed E-state index contributed by atoms with van der Waals surface area (Å²) in [5.41, 5.74) is 6.00. The fraction of sp³-hybridized carbons (Fsp3) is 0.500. The molecule has 2 rings (SSSR count). The second kappa shape index (κ2) is 5.90. The van der Waals surface area contributed by atoms with Gasteiger partial charge in [0, 0.05) is 6.07 Å². The lowest BCUT2D eigenvalue weighted by atomic mass is 10.1. The highest BCUT2D eigenvalue weighted by Crippen LogP contribution is 2.29. The van der Waals surface area contributed by atoms with Crippen molar-refractivity contribution in [3.63, 3.8) is 0 Å². The van der Waals surface area contributed by atoms with Crippen LogP contribution in [-0.4, -0.2) is 17.5 Å². The van der Waals surface area contributed by atoms with Crippen LogP contribution >= 0.6 is 0 Å². The number of nitro benzene ring substituents is 1. The number of aryl methyl sites for hydroxylation is 1. The molecule has 1 saturated carbocycles. The Bertz CT molecular complexity index is 536. The van der Waals surface area contributed by atoms with Gasteiger partial charge in [0.15, 0.2) is 0 Å². The molecule has 0 spiro atoms. The summed E-state index contributed by atoms with van der Waals surface area (Å²) < 4.78 is 5.24. The number of anilines is 1. The zero-order chi connectivity index (χ0) is 14.7. The highest BCUT2D eigenvalue weighted by atomic mass is 16.6. The van der Waals surface area contributed by atoms with E-state index in [1.54, 1.807) is 6.92 Å². The Hall–Kier alpha value is -2.11. The molecule has 1 aromatic rings. The van der Waals surface area contributed by atoms with Crippen LogP contribution in [0.15, 0.2) is 12.1 Å². The van der Waals surface area contributed by atoms with Gasteiger partial charge in [-0.05, 0) is 37.3 Å². The van der Waals surface area contributed by atoms with Crippen LogP contribution in [0.25, 0.3) is 0 Å². The standard InChI is InChI=1S/C14H18N2O4/c1-9-6-11(13(15)12(7-9)16(18)19)14(17)20-8-10-4-2-3-5-10/h6-7,10H,2-5,8,15H2,1H3. The van der Waals surface area contributed by atoms with Crippen LogP contribution in [-0.2, 0) is 4.74 Å². The minimum atomic E-state index is -0.587. The molecule has 108 valence electrons. The maximum Gasteiger partial charge on any atom is 0.340 e. The molecule has 0 aliphatic heterocycles. The number of esters is 1. The van der Waals surface area contributed by atoms with Crippen LogP contribution < -0.4 is 5.73 Å². The van der Waals surface area contributed by atoms with Crippen molar-refractivity contribution < 1.29 is 14.5 Å². The zero-order valence-electron chi connectivity index (χ0n) is 11.4. The van der Waals surface area contributed by atoms with Crippen LogP contribution in [0.3, 0.4) is 0 Å². The van der Waals surface area contributed by atoms with Crippen molar-refractivity contribution in [3.8, 4) is 0 Å². The summed E-state index contributed by atoms with van der Waals surface area (Å²) in [7, 11) is 0. The number of hydrogen-bond acceptors (Lipinski definition) is 5. The molecule has 1 aliphatic rings. The first-order chi connectivity index (χ1) is 9.49. The van der Waals surface area contributed by atoms with Gasteiger partial charge in [-0.15, -0.1) is 0 Å². The number of benzene rings is 1. The van der Waals surface area contributed by atoms with Crippen molar-refractivity contribution >= 4 is 17.3 Å². The molecule has 0 aromatic heterocycles. The Kier molecular flexibility index (Phi) is 4.22. The van der Waals surface area contributed by atoms with Gasteiger partial charge in [-0.1, -0.05) is 12.8 Å². The summed E-state index contributed by atoms with van der Waals surface area (Å²) in [5.74, 6) is -0.179. The summed E-state index contributed by atoms with van der Waals surface area (Å²) in [5, 5.41) is 10.9. The first kappa shape index (κ1) is 14.3. The third-order valence-corrected chi connectivity index (χ3v) is 3.64. The fourth-order valence-electron chi connectivity index (χ4n) is 2.55. The number of nitro groups is 1. The molecule has 1 aromatic carbocycles. The summed E-state index contributed by atoms with van der Waals surface area (Å²) >= 11 is 0. The largest absolute Gasteiger partial charge is 0.462 e. The number of nitrogens with zero attached hydrogens (tertiary/aromatic N) is 1. The third-order valence-electron chi connectivity index (χ3n) is 3.64. The van der Waals surface area contributed by atoms with Gasteiger partial charge in [-0.2, -0.15) is 0 Å². The number of ether oxygens (including phenoxy) is 1. The predicted molar refractivity (Wildman–Crippen MR) is 74.5 cm³/mol. The monoisotopic (exact) mass is 278 g/mol. The van der Waals surface area contributed by atoms with Crippen molar-refractivity contribution in [1.29, 1.82) is 0 Å².